The van der Waals surface area contributed by atoms with Gasteiger partial charge < -0.3 is 28.4 Å². The highest BCUT2D eigenvalue weighted by molar-refractivity contribution is 6.08. The monoisotopic (exact) mass is 464 g/mol. The van der Waals surface area contributed by atoms with Crippen LogP contribution in [-0.4, -0.2) is 48.4 Å². The SMILES string of the molecule is COc1cc(OC)cc([C@@H]2c3c(OC)cc(OC)cc3C(=O)[C@H]2c2ccc(OC)c(OC)c2)c1. The second kappa shape index (κ2) is 9.55. The molecule has 3 aromatic carbocycles. The second-order valence-corrected chi connectivity index (χ2v) is 7.87. The summed E-state index contributed by atoms with van der Waals surface area (Å²) in [5.74, 6) is 2.62. The molecule has 0 spiro atoms. The quantitative estimate of drug-likeness (QED) is 0.472. The predicted molar refractivity (Wildman–Crippen MR) is 128 cm³/mol. The number of carbonyl (C=O) groups is 1. The van der Waals surface area contributed by atoms with Gasteiger partial charge >= 0.3 is 0 Å². The maximum absolute atomic E-state index is 13.9. The van der Waals surface area contributed by atoms with E-state index in [-0.39, 0.29) is 11.7 Å². The summed E-state index contributed by atoms with van der Waals surface area (Å²) in [6.45, 7) is 0. The van der Waals surface area contributed by atoms with Gasteiger partial charge in [0.05, 0.1) is 48.6 Å². The van der Waals surface area contributed by atoms with Crippen molar-refractivity contribution in [2.24, 2.45) is 0 Å². The van der Waals surface area contributed by atoms with Crippen molar-refractivity contribution in [1.29, 1.82) is 0 Å². The zero-order chi connectivity index (χ0) is 24.4. The number of rotatable bonds is 8. The van der Waals surface area contributed by atoms with Crippen molar-refractivity contribution in [3.63, 3.8) is 0 Å². The first-order chi connectivity index (χ1) is 16.5. The maximum atomic E-state index is 13.9. The summed E-state index contributed by atoms with van der Waals surface area (Å²) in [5, 5.41) is 0. The number of ether oxygens (including phenoxy) is 6. The summed E-state index contributed by atoms with van der Waals surface area (Å²) in [4.78, 5) is 13.9. The molecule has 0 N–H and O–H groups in total. The molecule has 1 aliphatic carbocycles. The van der Waals surface area contributed by atoms with E-state index in [1.54, 1.807) is 60.9 Å². The Kier molecular flexibility index (Phi) is 6.54. The van der Waals surface area contributed by atoms with E-state index in [9.17, 15) is 4.79 Å². The summed E-state index contributed by atoms with van der Waals surface area (Å²) in [6.07, 6.45) is 0. The van der Waals surface area contributed by atoms with Crippen molar-refractivity contribution in [3.8, 4) is 34.5 Å². The molecular formula is C27H28O7. The number of hydrogen-bond donors (Lipinski definition) is 0. The third-order valence-electron chi connectivity index (χ3n) is 6.26. The Hall–Kier alpha value is -3.87. The number of fused-ring (bicyclic) bond motifs is 1. The van der Waals surface area contributed by atoms with Crippen molar-refractivity contribution in [2.75, 3.05) is 42.7 Å². The first kappa shape index (κ1) is 23.3. The molecule has 0 aliphatic heterocycles. The van der Waals surface area contributed by atoms with E-state index >= 15 is 0 Å². The Labute approximate surface area is 199 Å². The molecule has 0 unspecified atom stereocenters. The Balaban J connectivity index is 2.00. The van der Waals surface area contributed by atoms with Gasteiger partial charge in [-0.3, -0.25) is 4.79 Å². The molecule has 0 saturated carbocycles. The number of methoxy groups -OCH3 is 6. The Morgan fingerprint density at radius 3 is 1.68 bits per heavy atom. The van der Waals surface area contributed by atoms with Crippen LogP contribution in [0.5, 0.6) is 34.5 Å². The van der Waals surface area contributed by atoms with E-state index in [1.807, 2.05) is 30.3 Å². The average Bonchev–Trinajstić information content (AvgIpc) is 3.19. The smallest absolute Gasteiger partial charge is 0.171 e. The molecule has 4 rings (SSSR count). The molecule has 0 radical (unpaired) electrons. The van der Waals surface area contributed by atoms with Crippen molar-refractivity contribution >= 4 is 5.78 Å². The van der Waals surface area contributed by atoms with Gasteiger partial charge in [0, 0.05) is 29.2 Å². The van der Waals surface area contributed by atoms with Crippen LogP contribution < -0.4 is 28.4 Å². The minimum absolute atomic E-state index is 0.0359. The molecule has 0 aromatic heterocycles. The summed E-state index contributed by atoms with van der Waals surface area (Å²) < 4.78 is 33.1. The fourth-order valence-electron chi connectivity index (χ4n) is 4.66. The number of hydrogen-bond acceptors (Lipinski definition) is 7. The van der Waals surface area contributed by atoms with Gasteiger partial charge in [-0.2, -0.15) is 0 Å². The molecule has 1 aliphatic rings. The van der Waals surface area contributed by atoms with Crippen molar-refractivity contribution in [1.82, 2.24) is 0 Å². The van der Waals surface area contributed by atoms with Crippen LogP contribution >= 0.6 is 0 Å². The van der Waals surface area contributed by atoms with Crippen LogP contribution in [0.25, 0.3) is 0 Å². The largest absolute Gasteiger partial charge is 0.497 e. The van der Waals surface area contributed by atoms with Gasteiger partial charge in [-0.05, 0) is 41.5 Å². The normalized spacial score (nSPS) is 16.6. The summed E-state index contributed by atoms with van der Waals surface area (Å²) in [7, 11) is 9.51. The molecule has 0 saturated heterocycles. The lowest BCUT2D eigenvalue weighted by atomic mass is 9.81. The molecule has 7 heteroatoms. The van der Waals surface area contributed by atoms with Gasteiger partial charge in [0.1, 0.15) is 23.0 Å². The lowest BCUT2D eigenvalue weighted by Crippen LogP contribution is -2.14. The van der Waals surface area contributed by atoms with Crippen LogP contribution in [0.3, 0.4) is 0 Å². The lowest BCUT2D eigenvalue weighted by molar-refractivity contribution is 0.0967. The zero-order valence-corrected chi connectivity index (χ0v) is 20.1. The van der Waals surface area contributed by atoms with E-state index in [4.69, 9.17) is 28.4 Å². The fraction of sp³-hybridized carbons (Fsp3) is 0.296. The first-order valence-corrected chi connectivity index (χ1v) is 10.7. The zero-order valence-electron chi connectivity index (χ0n) is 20.1. The van der Waals surface area contributed by atoms with Gasteiger partial charge in [-0.1, -0.05) is 6.07 Å². The fourth-order valence-corrected chi connectivity index (χ4v) is 4.66. The topological polar surface area (TPSA) is 72.5 Å². The lowest BCUT2D eigenvalue weighted by Gasteiger charge is -2.23. The molecule has 178 valence electrons. The van der Waals surface area contributed by atoms with Gasteiger partial charge in [0.25, 0.3) is 0 Å². The van der Waals surface area contributed by atoms with Crippen LogP contribution in [0.15, 0.2) is 48.5 Å². The Morgan fingerprint density at radius 1 is 0.529 bits per heavy atom. The third kappa shape index (κ3) is 3.87. The molecule has 0 amide bonds. The molecule has 7 nitrogen and oxygen atoms in total. The van der Waals surface area contributed by atoms with Gasteiger partial charge in [0.2, 0.25) is 0 Å². The van der Waals surface area contributed by atoms with E-state index in [2.05, 4.69) is 0 Å². The third-order valence-corrected chi connectivity index (χ3v) is 6.26. The van der Waals surface area contributed by atoms with Gasteiger partial charge in [-0.25, -0.2) is 0 Å². The standard InChI is InChI=1S/C27H28O7/c1-29-17-9-16(10-18(12-17)30-2)24-25(15-7-8-21(32-4)22(11-15)33-5)27(28)20-13-19(31-3)14-23(34-6)26(20)24/h7-14,24-25H,1-6H3/t24-,25-/m0/s1. The molecule has 0 heterocycles. The highest BCUT2D eigenvalue weighted by Crippen LogP contribution is 2.53. The van der Waals surface area contributed by atoms with Crippen molar-refractivity contribution in [3.05, 3.63) is 70.8 Å². The molecule has 3 aromatic rings. The predicted octanol–water partition coefficient (Wildman–Crippen LogP) is 4.85. The first-order valence-electron chi connectivity index (χ1n) is 10.7. The minimum Gasteiger partial charge on any atom is -0.497 e. The Morgan fingerprint density at radius 2 is 1.12 bits per heavy atom. The van der Waals surface area contributed by atoms with Crippen molar-refractivity contribution in [2.45, 2.75) is 11.8 Å². The van der Waals surface area contributed by atoms with Crippen molar-refractivity contribution < 1.29 is 33.2 Å². The van der Waals surface area contributed by atoms with Gasteiger partial charge in [-0.15, -0.1) is 0 Å². The Bertz CT molecular complexity index is 1200. The minimum atomic E-state index is -0.535. The summed E-state index contributed by atoms with van der Waals surface area (Å²) >= 11 is 0. The summed E-state index contributed by atoms with van der Waals surface area (Å²) in [5.41, 5.74) is 3.02. The van der Waals surface area contributed by atoms with Crippen LogP contribution in [0.2, 0.25) is 0 Å². The van der Waals surface area contributed by atoms with E-state index in [0.717, 1.165) is 16.7 Å². The maximum Gasteiger partial charge on any atom is 0.171 e. The summed E-state index contributed by atoms with van der Waals surface area (Å²) in [6, 6.07) is 14.8. The molecule has 2 atom stereocenters. The van der Waals surface area contributed by atoms with E-state index in [0.29, 0.717) is 40.1 Å². The molecule has 34 heavy (non-hydrogen) atoms. The number of Topliss-reactive ketones (excluding diaryl/α,β-unsaturated/α-hetero) is 1. The van der Waals surface area contributed by atoms with Crippen LogP contribution in [0, 0.1) is 0 Å². The average molecular weight is 465 g/mol. The number of benzene rings is 3. The van der Waals surface area contributed by atoms with Crippen LogP contribution in [0.1, 0.15) is 38.9 Å². The van der Waals surface area contributed by atoms with Crippen LogP contribution in [0.4, 0.5) is 0 Å². The second-order valence-electron chi connectivity index (χ2n) is 7.87. The number of carbonyl (C=O) groups excluding carboxylic acids is 1. The number of ketones is 1. The highest BCUT2D eigenvalue weighted by Gasteiger charge is 2.44. The van der Waals surface area contributed by atoms with E-state index in [1.165, 1.54) is 0 Å². The molecule has 0 bridgehead atoms. The molecule has 0 fully saturated rings. The van der Waals surface area contributed by atoms with Crippen LogP contribution in [-0.2, 0) is 0 Å². The molecular weight excluding hydrogens is 436 g/mol. The highest BCUT2D eigenvalue weighted by atomic mass is 16.5. The van der Waals surface area contributed by atoms with E-state index < -0.39 is 5.92 Å². The van der Waals surface area contributed by atoms with Gasteiger partial charge in [0.15, 0.2) is 17.3 Å².